The van der Waals surface area contributed by atoms with Crippen molar-refractivity contribution >= 4 is 23.0 Å². The summed E-state index contributed by atoms with van der Waals surface area (Å²) < 4.78 is 13.6. The number of aromatic nitrogens is 2. The lowest BCUT2D eigenvalue weighted by molar-refractivity contribution is 0.0523. The minimum atomic E-state index is -0.675. The average molecular weight is 396 g/mol. The van der Waals surface area contributed by atoms with Crippen molar-refractivity contribution in [1.29, 1.82) is 0 Å². The first-order valence-electron chi connectivity index (χ1n) is 9.50. The second-order valence-electron chi connectivity index (χ2n) is 6.60. The molecule has 0 N–H and O–H groups in total. The van der Waals surface area contributed by atoms with Crippen LogP contribution >= 0.6 is 0 Å². The van der Waals surface area contributed by atoms with Gasteiger partial charge in [-0.3, -0.25) is 4.79 Å². The van der Waals surface area contributed by atoms with Gasteiger partial charge in [0.05, 0.1) is 19.2 Å². The van der Waals surface area contributed by atoms with Gasteiger partial charge in [-0.1, -0.05) is 30.3 Å². The van der Waals surface area contributed by atoms with Crippen LogP contribution in [-0.2, 0) is 22.6 Å². The number of carbonyl (C=O) groups is 2. The predicted molar refractivity (Wildman–Crippen MR) is 109 cm³/mol. The molecule has 2 aromatic heterocycles. The number of pyridine rings is 1. The summed E-state index contributed by atoms with van der Waals surface area (Å²) in [7, 11) is 1.31. The van der Waals surface area contributed by atoms with E-state index in [0.29, 0.717) is 35.4 Å². The maximum atomic E-state index is 13.3. The van der Waals surface area contributed by atoms with Gasteiger partial charge >= 0.3 is 11.9 Å². The van der Waals surface area contributed by atoms with E-state index in [1.165, 1.54) is 13.3 Å². The Bertz CT molecular complexity index is 1130. The number of carbonyl (C=O) groups excluding carboxylic acids is 2. The normalized spacial score (nSPS) is 10.9. The van der Waals surface area contributed by atoms with Crippen LogP contribution < -0.4 is 5.43 Å². The van der Waals surface area contributed by atoms with E-state index in [0.717, 1.165) is 5.56 Å². The third-order valence-electron chi connectivity index (χ3n) is 4.94. The minimum absolute atomic E-state index is 0.0515. The van der Waals surface area contributed by atoms with E-state index in [1.54, 1.807) is 23.0 Å². The Kier molecular flexibility index (Phi) is 5.87. The van der Waals surface area contributed by atoms with Crippen molar-refractivity contribution in [3.63, 3.8) is 0 Å². The number of aryl methyl sites for hydroxylation is 1. The summed E-state index contributed by atoms with van der Waals surface area (Å²) in [5, 5.41) is 0. The van der Waals surface area contributed by atoms with Gasteiger partial charge in [0.1, 0.15) is 16.6 Å². The highest BCUT2D eigenvalue weighted by molar-refractivity contribution is 6.05. The Morgan fingerprint density at radius 1 is 1.03 bits per heavy atom. The molecule has 7 heteroatoms. The number of benzene rings is 1. The Morgan fingerprint density at radius 3 is 2.31 bits per heavy atom. The SMILES string of the molecule is CCOC(=O)c1cn(CC)c2c(C(=O)OC)c(C)n(Cc3ccccc3)c2c1=O. The van der Waals surface area contributed by atoms with Crippen LogP contribution in [0.2, 0.25) is 0 Å². The highest BCUT2D eigenvalue weighted by atomic mass is 16.5. The van der Waals surface area contributed by atoms with Crippen LogP contribution in [0.15, 0.2) is 41.3 Å². The van der Waals surface area contributed by atoms with E-state index in [2.05, 4.69) is 0 Å². The topological polar surface area (TPSA) is 79.5 Å². The van der Waals surface area contributed by atoms with Crippen molar-refractivity contribution in [2.75, 3.05) is 13.7 Å². The molecule has 0 unspecified atom stereocenters. The molecular weight excluding hydrogens is 372 g/mol. The van der Waals surface area contributed by atoms with Crippen molar-refractivity contribution in [2.45, 2.75) is 33.9 Å². The molecule has 0 saturated heterocycles. The summed E-state index contributed by atoms with van der Waals surface area (Å²) in [5.74, 6) is -1.20. The molecule has 0 saturated carbocycles. The molecule has 2 heterocycles. The molecule has 3 rings (SSSR count). The van der Waals surface area contributed by atoms with E-state index in [4.69, 9.17) is 9.47 Å². The van der Waals surface area contributed by atoms with Crippen LogP contribution in [0.4, 0.5) is 0 Å². The number of hydrogen-bond donors (Lipinski definition) is 0. The zero-order valence-electron chi connectivity index (χ0n) is 17.0. The molecule has 1 aromatic carbocycles. The first-order valence-corrected chi connectivity index (χ1v) is 9.50. The lowest BCUT2D eigenvalue weighted by Crippen LogP contribution is -2.22. The van der Waals surface area contributed by atoms with Gasteiger partial charge in [0.15, 0.2) is 0 Å². The Labute approximate surface area is 168 Å². The molecule has 152 valence electrons. The highest BCUT2D eigenvalue weighted by Gasteiger charge is 2.27. The molecule has 29 heavy (non-hydrogen) atoms. The van der Waals surface area contributed by atoms with Crippen molar-refractivity contribution in [1.82, 2.24) is 9.13 Å². The standard InChI is InChI=1S/C22H24N2O5/c1-5-23-13-16(21(26)29-6-2)20(25)19-18(23)17(22(27)28-4)14(3)24(19)12-15-10-8-7-9-11-15/h7-11,13H,5-6,12H2,1-4H3. The number of fused-ring (bicyclic) bond motifs is 1. The van der Waals surface area contributed by atoms with Gasteiger partial charge in [0.2, 0.25) is 5.43 Å². The maximum absolute atomic E-state index is 13.3. The summed E-state index contributed by atoms with van der Waals surface area (Å²) in [6.45, 7) is 6.35. The summed E-state index contributed by atoms with van der Waals surface area (Å²) in [6, 6.07) is 9.61. The number of ether oxygens (including phenoxy) is 2. The Morgan fingerprint density at radius 2 is 1.72 bits per heavy atom. The molecule has 0 radical (unpaired) electrons. The van der Waals surface area contributed by atoms with Crippen molar-refractivity contribution in [3.8, 4) is 0 Å². The van der Waals surface area contributed by atoms with Crippen molar-refractivity contribution < 1.29 is 19.1 Å². The number of methoxy groups -OCH3 is 1. The van der Waals surface area contributed by atoms with Crippen molar-refractivity contribution in [3.05, 3.63) is 69.1 Å². The average Bonchev–Trinajstić information content (AvgIpc) is 3.01. The molecule has 3 aromatic rings. The fraction of sp³-hybridized carbons (Fsp3) is 0.318. The Hall–Kier alpha value is -3.35. The molecule has 0 aliphatic carbocycles. The second kappa shape index (κ2) is 8.34. The molecule has 0 aliphatic rings. The molecule has 7 nitrogen and oxygen atoms in total. The quantitative estimate of drug-likeness (QED) is 0.598. The van der Waals surface area contributed by atoms with Crippen LogP contribution in [0, 0.1) is 6.92 Å². The van der Waals surface area contributed by atoms with E-state index >= 15 is 0 Å². The van der Waals surface area contributed by atoms with Gasteiger partial charge in [0, 0.05) is 25.0 Å². The van der Waals surface area contributed by atoms with Gasteiger partial charge in [-0.25, -0.2) is 9.59 Å². The van der Waals surface area contributed by atoms with Crippen LogP contribution in [0.1, 0.15) is 45.8 Å². The van der Waals surface area contributed by atoms with E-state index in [-0.39, 0.29) is 12.2 Å². The van der Waals surface area contributed by atoms with Gasteiger partial charge in [-0.2, -0.15) is 0 Å². The van der Waals surface area contributed by atoms with Gasteiger partial charge < -0.3 is 18.6 Å². The van der Waals surface area contributed by atoms with Crippen LogP contribution in [0.3, 0.4) is 0 Å². The fourth-order valence-electron chi connectivity index (χ4n) is 3.55. The number of esters is 2. The van der Waals surface area contributed by atoms with Crippen LogP contribution in [0.5, 0.6) is 0 Å². The molecule has 0 amide bonds. The van der Waals surface area contributed by atoms with E-state index < -0.39 is 17.4 Å². The minimum Gasteiger partial charge on any atom is -0.465 e. The lowest BCUT2D eigenvalue weighted by atomic mass is 10.1. The second-order valence-corrected chi connectivity index (χ2v) is 6.60. The van der Waals surface area contributed by atoms with Gasteiger partial charge in [-0.15, -0.1) is 0 Å². The molecule has 0 aliphatic heterocycles. The molecular formula is C22H24N2O5. The first-order chi connectivity index (χ1) is 13.9. The van der Waals surface area contributed by atoms with Gasteiger partial charge in [0.25, 0.3) is 0 Å². The predicted octanol–water partition coefficient (Wildman–Crippen LogP) is 3.14. The highest BCUT2D eigenvalue weighted by Crippen LogP contribution is 2.26. The maximum Gasteiger partial charge on any atom is 0.343 e. The zero-order valence-corrected chi connectivity index (χ0v) is 17.0. The molecule has 0 fully saturated rings. The number of rotatable bonds is 6. The monoisotopic (exact) mass is 396 g/mol. The first kappa shape index (κ1) is 20.4. The van der Waals surface area contributed by atoms with Crippen LogP contribution in [-0.4, -0.2) is 34.8 Å². The molecule has 0 bridgehead atoms. The summed E-state index contributed by atoms with van der Waals surface area (Å²) in [5.41, 5.74) is 2.14. The van der Waals surface area contributed by atoms with Crippen molar-refractivity contribution in [2.24, 2.45) is 0 Å². The van der Waals surface area contributed by atoms with Crippen LogP contribution in [0.25, 0.3) is 11.0 Å². The summed E-state index contributed by atoms with van der Waals surface area (Å²) in [4.78, 5) is 38.3. The largest absolute Gasteiger partial charge is 0.465 e. The smallest absolute Gasteiger partial charge is 0.343 e. The molecule has 0 spiro atoms. The zero-order chi connectivity index (χ0) is 21.1. The van der Waals surface area contributed by atoms with E-state index in [9.17, 15) is 14.4 Å². The fourth-order valence-corrected chi connectivity index (χ4v) is 3.55. The summed E-state index contributed by atoms with van der Waals surface area (Å²) >= 11 is 0. The lowest BCUT2D eigenvalue weighted by Gasteiger charge is -2.12. The molecule has 0 atom stereocenters. The Balaban J connectivity index is 2.40. The number of hydrogen-bond acceptors (Lipinski definition) is 5. The third-order valence-corrected chi connectivity index (χ3v) is 4.94. The number of nitrogens with zero attached hydrogens (tertiary/aromatic N) is 2. The third kappa shape index (κ3) is 3.55. The summed E-state index contributed by atoms with van der Waals surface area (Å²) in [6.07, 6.45) is 1.46. The van der Waals surface area contributed by atoms with Gasteiger partial charge in [-0.05, 0) is 26.3 Å². The van der Waals surface area contributed by atoms with E-state index in [1.807, 2.05) is 37.3 Å².